The maximum absolute atomic E-state index is 12.2. The number of hydrogen-bond donors (Lipinski definition) is 0. The molecule has 0 aliphatic rings. The van der Waals surface area contributed by atoms with Gasteiger partial charge in [-0.3, -0.25) is 4.79 Å². The van der Waals surface area contributed by atoms with Crippen molar-refractivity contribution in [2.24, 2.45) is 0 Å². The van der Waals surface area contributed by atoms with Crippen LogP contribution in [0, 0.1) is 0 Å². The minimum absolute atomic E-state index is 0.169. The van der Waals surface area contributed by atoms with Gasteiger partial charge in [-0.2, -0.15) is 0 Å². The summed E-state index contributed by atoms with van der Waals surface area (Å²) in [4.78, 5) is 15.3. The number of carbonyl (C=O) groups excluding carboxylic acids is 1. The van der Waals surface area contributed by atoms with Crippen molar-refractivity contribution in [3.63, 3.8) is 0 Å². The number of hydrogen-bond acceptors (Lipinski definition) is 2. The zero-order valence-electron chi connectivity index (χ0n) is 10.9. The highest BCUT2D eigenvalue weighted by Gasteiger charge is 2.13. The molecule has 94 valence electrons. The molecular formula is C14H21NOS. The van der Waals surface area contributed by atoms with Gasteiger partial charge in [0.15, 0.2) is 0 Å². The Kier molecular flexibility index (Phi) is 5.98. The molecule has 0 atom stereocenters. The van der Waals surface area contributed by atoms with Crippen LogP contribution in [0.2, 0.25) is 0 Å². The van der Waals surface area contributed by atoms with Crippen molar-refractivity contribution in [1.82, 2.24) is 4.90 Å². The molecule has 1 rings (SSSR count). The van der Waals surface area contributed by atoms with Crippen LogP contribution >= 0.6 is 11.3 Å². The Morgan fingerprint density at radius 3 is 2.47 bits per heavy atom. The lowest BCUT2D eigenvalue weighted by Crippen LogP contribution is -2.32. The van der Waals surface area contributed by atoms with Crippen LogP contribution in [0.15, 0.2) is 23.1 Å². The van der Waals surface area contributed by atoms with Crippen molar-refractivity contribution in [1.29, 1.82) is 0 Å². The van der Waals surface area contributed by atoms with Crippen LogP contribution < -0.4 is 0 Å². The highest BCUT2D eigenvalue weighted by atomic mass is 32.1. The Bertz CT molecular complexity index is 362. The first-order chi connectivity index (χ1) is 8.19. The van der Waals surface area contributed by atoms with Gasteiger partial charge in [0, 0.05) is 23.5 Å². The minimum Gasteiger partial charge on any atom is -0.339 e. The van der Waals surface area contributed by atoms with Crippen LogP contribution in [0.5, 0.6) is 0 Å². The first-order valence-corrected chi connectivity index (χ1v) is 7.08. The monoisotopic (exact) mass is 251 g/mol. The summed E-state index contributed by atoms with van der Waals surface area (Å²) in [6.45, 7) is 7.81. The summed E-state index contributed by atoms with van der Waals surface area (Å²) >= 11 is 1.66. The normalized spacial score (nSPS) is 11.6. The van der Waals surface area contributed by atoms with Crippen molar-refractivity contribution in [2.45, 2.75) is 33.6 Å². The van der Waals surface area contributed by atoms with Crippen molar-refractivity contribution >= 4 is 23.3 Å². The number of amides is 1. The van der Waals surface area contributed by atoms with E-state index in [1.165, 1.54) is 0 Å². The lowest BCUT2D eigenvalue weighted by molar-refractivity contribution is -0.127. The molecular weight excluding hydrogens is 230 g/mol. The molecule has 2 nitrogen and oxygen atoms in total. The Morgan fingerprint density at radius 2 is 2.00 bits per heavy atom. The molecule has 17 heavy (non-hydrogen) atoms. The quantitative estimate of drug-likeness (QED) is 0.704. The van der Waals surface area contributed by atoms with Crippen molar-refractivity contribution in [3.05, 3.63) is 28.0 Å². The van der Waals surface area contributed by atoms with E-state index in [0.717, 1.165) is 36.4 Å². The average molecular weight is 251 g/mol. The summed E-state index contributed by atoms with van der Waals surface area (Å²) < 4.78 is 0. The van der Waals surface area contributed by atoms with Gasteiger partial charge < -0.3 is 4.90 Å². The van der Waals surface area contributed by atoms with Crippen molar-refractivity contribution in [2.75, 3.05) is 13.1 Å². The molecule has 1 aromatic heterocycles. The van der Waals surface area contributed by atoms with E-state index in [-0.39, 0.29) is 5.91 Å². The van der Waals surface area contributed by atoms with E-state index in [2.05, 4.69) is 13.8 Å². The van der Waals surface area contributed by atoms with Gasteiger partial charge in [-0.25, -0.2) is 0 Å². The van der Waals surface area contributed by atoms with E-state index in [1.54, 1.807) is 11.3 Å². The molecule has 0 fully saturated rings. The molecule has 0 saturated heterocycles. The van der Waals surface area contributed by atoms with Gasteiger partial charge in [0.25, 0.3) is 0 Å². The summed E-state index contributed by atoms with van der Waals surface area (Å²) in [5.74, 6) is 0.169. The standard InChI is InChI=1S/C14H21NOS/c1-4-8-15(9-5-2)14(16)12(3)11-13-7-6-10-17-13/h6-7,10-11H,4-5,8-9H2,1-3H3/b12-11+. The van der Waals surface area contributed by atoms with Crippen LogP contribution in [0.3, 0.4) is 0 Å². The fourth-order valence-corrected chi connectivity index (χ4v) is 2.47. The molecule has 0 N–H and O–H groups in total. The predicted molar refractivity (Wildman–Crippen MR) is 75.1 cm³/mol. The van der Waals surface area contributed by atoms with Gasteiger partial charge in [0.1, 0.15) is 0 Å². The Labute approximate surface area is 108 Å². The van der Waals surface area contributed by atoms with E-state index >= 15 is 0 Å². The Hall–Kier alpha value is -1.09. The molecule has 1 heterocycles. The van der Waals surface area contributed by atoms with Gasteiger partial charge in [-0.15, -0.1) is 11.3 Å². The topological polar surface area (TPSA) is 20.3 Å². The molecule has 0 radical (unpaired) electrons. The van der Waals surface area contributed by atoms with Gasteiger partial charge >= 0.3 is 0 Å². The van der Waals surface area contributed by atoms with Crippen LogP contribution in [-0.4, -0.2) is 23.9 Å². The average Bonchev–Trinajstić information content (AvgIpc) is 2.80. The second-order valence-electron chi connectivity index (χ2n) is 4.13. The summed E-state index contributed by atoms with van der Waals surface area (Å²) in [5, 5.41) is 2.03. The van der Waals surface area contributed by atoms with E-state index < -0.39 is 0 Å². The highest BCUT2D eigenvalue weighted by Crippen LogP contribution is 2.14. The number of rotatable bonds is 6. The Morgan fingerprint density at radius 1 is 1.35 bits per heavy atom. The molecule has 0 aliphatic heterocycles. The van der Waals surface area contributed by atoms with Crippen LogP contribution in [-0.2, 0) is 4.79 Å². The van der Waals surface area contributed by atoms with Crippen molar-refractivity contribution < 1.29 is 4.79 Å². The maximum atomic E-state index is 12.2. The molecule has 1 amide bonds. The smallest absolute Gasteiger partial charge is 0.249 e. The fraction of sp³-hybridized carbons (Fsp3) is 0.500. The predicted octanol–water partition coefficient (Wildman–Crippen LogP) is 3.80. The van der Waals surface area contributed by atoms with E-state index in [0.29, 0.717) is 0 Å². The number of carbonyl (C=O) groups is 1. The summed E-state index contributed by atoms with van der Waals surface area (Å²) in [7, 11) is 0. The van der Waals surface area contributed by atoms with Crippen LogP contribution in [0.4, 0.5) is 0 Å². The second-order valence-corrected chi connectivity index (χ2v) is 5.11. The highest BCUT2D eigenvalue weighted by molar-refractivity contribution is 7.10. The molecule has 0 aromatic carbocycles. The van der Waals surface area contributed by atoms with Crippen LogP contribution in [0.1, 0.15) is 38.5 Å². The second kappa shape index (κ2) is 7.28. The molecule has 1 aromatic rings. The summed E-state index contributed by atoms with van der Waals surface area (Å²) in [5.41, 5.74) is 0.828. The lowest BCUT2D eigenvalue weighted by Gasteiger charge is -2.21. The van der Waals surface area contributed by atoms with Gasteiger partial charge in [0.2, 0.25) is 5.91 Å². The van der Waals surface area contributed by atoms with Crippen molar-refractivity contribution in [3.8, 4) is 0 Å². The lowest BCUT2D eigenvalue weighted by atomic mass is 10.2. The summed E-state index contributed by atoms with van der Waals surface area (Å²) in [6.07, 6.45) is 4.00. The summed E-state index contributed by atoms with van der Waals surface area (Å²) in [6, 6.07) is 4.04. The third-order valence-corrected chi connectivity index (χ3v) is 3.33. The van der Waals surface area contributed by atoms with E-state index in [9.17, 15) is 4.79 Å². The zero-order chi connectivity index (χ0) is 12.7. The molecule has 0 unspecified atom stereocenters. The number of nitrogens with zero attached hydrogens (tertiary/aromatic N) is 1. The largest absolute Gasteiger partial charge is 0.339 e. The van der Waals surface area contributed by atoms with E-state index in [1.807, 2.05) is 35.4 Å². The van der Waals surface area contributed by atoms with Gasteiger partial charge in [-0.05, 0) is 37.3 Å². The first kappa shape index (κ1) is 14.0. The molecule has 3 heteroatoms. The van der Waals surface area contributed by atoms with Gasteiger partial charge in [0.05, 0.1) is 0 Å². The first-order valence-electron chi connectivity index (χ1n) is 6.20. The number of thiophene rings is 1. The van der Waals surface area contributed by atoms with E-state index in [4.69, 9.17) is 0 Å². The van der Waals surface area contributed by atoms with Gasteiger partial charge in [-0.1, -0.05) is 19.9 Å². The Balaban J connectivity index is 2.72. The molecule has 0 saturated carbocycles. The fourth-order valence-electron chi connectivity index (χ4n) is 1.75. The third kappa shape index (κ3) is 4.35. The maximum Gasteiger partial charge on any atom is 0.249 e. The molecule has 0 spiro atoms. The minimum atomic E-state index is 0.169. The SMILES string of the molecule is CCCN(CCC)C(=O)/C(C)=C/c1cccs1. The molecule has 0 bridgehead atoms. The molecule has 0 aliphatic carbocycles. The van der Waals surface area contributed by atoms with Crippen LogP contribution in [0.25, 0.3) is 6.08 Å². The third-order valence-electron chi connectivity index (χ3n) is 2.51. The zero-order valence-corrected chi connectivity index (χ0v) is 11.7.